The van der Waals surface area contributed by atoms with Gasteiger partial charge in [0.15, 0.2) is 0 Å². The second kappa shape index (κ2) is 8.32. The number of nitro groups is 1. The molecule has 0 radical (unpaired) electrons. The first kappa shape index (κ1) is 18.5. The van der Waals surface area contributed by atoms with Crippen molar-refractivity contribution >= 4 is 17.8 Å². The van der Waals surface area contributed by atoms with Gasteiger partial charge in [0.2, 0.25) is 0 Å². The van der Waals surface area contributed by atoms with Crippen LogP contribution in [0.1, 0.15) is 31.4 Å². The van der Waals surface area contributed by atoms with Gasteiger partial charge in [-0.25, -0.2) is 9.59 Å². The lowest BCUT2D eigenvalue weighted by molar-refractivity contribution is -0.384. The van der Waals surface area contributed by atoms with E-state index in [0.29, 0.717) is 31.5 Å². The number of nitrogens with zero attached hydrogens (tertiary/aromatic N) is 2. The number of benzene rings is 1. The van der Waals surface area contributed by atoms with Crippen LogP contribution in [-0.4, -0.2) is 48.2 Å². The standard InChI is InChI=1S/C16H22N4O5/c1-11(12-4-3-5-14(10-12)20(23)24)17-15(21)18-13-6-8-19(9-7-13)16(22)25-2/h3-5,10-11,13H,6-9H2,1-2H3,(H2,17,18,21). The smallest absolute Gasteiger partial charge is 0.409 e. The van der Waals surface area contributed by atoms with Crippen LogP contribution in [0.2, 0.25) is 0 Å². The highest BCUT2D eigenvalue weighted by molar-refractivity contribution is 5.75. The van der Waals surface area contributed by atoms with Crippen LogP contribution in [0.5, 0.6) is 0 Å². The highest BCUT2D eigenvalue weighted by atomic mass is 16.6. The molecule has 1 unspecified atom stereocenters. The molecular weight excluding hydrogens is 328 g/mol. The minimum atomic E-state index is -0.467. The largest absolute Gasteiger partial charge is 0.453 e. The Hall–Kier alpha value is -2.84. The first-order valence-electron chi connectivity index (χ1n) is 8.05. The predicted octanol–water partition coefficient (Wildman–Crippen LogP) is 2.19. The van der Waals surface area contributed by atoms with Crippen molar-refractivity contribution in [1.82, 2.24) is 15.5 Å². The molecule has 1 aliphatic rings. The molecule has 3 amide bonds. The van der Waals surface area contributed by atoms with Gasteiger partial charge in [-0.3, -0.25) is 10.1 Å². The zero-order chi connectivity index (χ0) is 18.4. The van der Waals surface area contributed by atoms with Gasteiger partial charge in [0.1, 0.15) is 0 Å². The van der Waals surface area contributed by atoms with Gasteiger partial charge in [0.05, 0.1) is 18.1 Å². The molecule has 0 aromatic heterocycles. The minimum absolute atomic E-state index is 0.0123. The molecule has 25 heavy (non-hydrogen) atoms. The molecule has 0 aliphatic carbocycles. The van der Waals surface area contributed by atoms with Crippen LogP contribution in [0, 0.1) is 10.1 Å². The number of nitrogens with one attached hydrogen (secondary N) is 2. The van der Waals surface area contributed by atoms with Gasteiger partial charge in [-0.05, 0) is 25.3 Å². The summed E-state index contributed by atoms with van der Waals surface area (Å²) in [7, 11) is 1.34. The summed E-state index contributed by atoms with van der Waals surface area (Å²) in [6.45, 7) is 2.81. The fourth-order valence-corrected chi connectivity index (χ4v) is 2.75. The van der Waals surface area contributed by atoms with E-state index in [2.05, 4.69) is 15.4 Å². The van der Waals surface area contributed by atoms with E-state index in [0.717, 1.165) is 0 Å². The van der Waals surface area contributed by atoms with Crippen LogP contribution in [0.15, 0.2) is 24.3 Å². The molecular formula is C16H22N4O5. The number of carbonyl (C=O) groups is 2. The summed E-state index contributed by atoms with van der Waals surface area (Å²) in [6, 6.07) is 5.44. The Morgan fingerprint density at radius 2 is 2.04 bits per heavy atom. The summed E-state index contributed by atoms with van der Waals surface area (Å²) < 4.78 is 4.67. The van der Waals surface area contributed by atoms with E-state index in [4.69, 9.17) is 0 Å². The highest BCUT2D eigenvalue weighted by Gasteiger charge is 2.24. The second-order valence-corrected chi connectivity index (χ2v) is 5.92. The number of amides is 3. The SMILES string of the molecule is COC(=O)N1CCC(NC(=O)NC(C)c2cccc([N+](=O)[O-])c2)CC1. The fraction of sp³-hybridized carbons (Fsp3) is 0.500. The zero-order valence-corrected chi connectivity index (χ0v) is 14.2. The third-order valence-corrected chi connectivity index (χ3v) is 4.19. The summed E-state index contributed by atoms with van der Waals surface area (Å²) >= 11 is 0. The lowest BCUT2D eigenvalue weighted by Crippen LogP contribution is -2.49. The number of hydrogen-bond donors (Lipinski definition) is 2. The monoisotopic (exact) mass is 350 g/mol. The normalized spacial score (nSPS) is 16.0. The van der Waals surface area contributed by atoms with Gasteiger partial charge in [-0.2, -0.15) is 0 Å². The van der Waals surface area contributed by atoms with Crippen molar-refractivity contribution in [2.45, 2.75) is 31.8 Å². The molecule has 2 rings (SSSR count). The number of urea groups is 1. The number of likely N-dealkylation sites (tertiary alicyclic amines) is 1. The van der Waals surface area contributed by atoms with Crippen LogP contribution in [0.4, 0.5) is 15.3 Å². The first-order chi connectivity index (χ1) is 11.9. The molecule has 0 spiro atoms. The topological polar surface area (TPSA) is 114 Å². The van der Waals surface area contributed by atoms with Gasteiger partial charge in [0, 0.05) is 31.3 Å². The van der Waals surface area contributed by atoms with E-state index >= 15 is 0 Å². The number of methoxy groups -OCH3 is 1. The summed E-state index contributed by atoms with van der Waals surface area (Å²) in [5, 5.41) is 16.5. The lowest BCUT2D eigenvalue weighted by atomic mass is 10.1. The Labute approximate surface area is 145 Å². The zero-order valence-electron chi connectivity index (χ0n) is 14.2. The van der Waals surface area contributed by atoms with Crippen LogP contribution in [0.3, 0.4) is 0 Å². The van der Waals surface area contributed by atoms with E-state index in [1.165, 1.54) is 19.2 Å². The van der Waals surface area contributed by atoms with E-state index < -0.39 is 4.92 Å². The molecule has 136 valence electrons. The quantitative estimate of drug-likeness (QED) is 0.638. The molecule has 2 N–H and O–H groups in total. The van der Waals surface area contributed by atoms with Crippen molar-refractivity contribution in [3.63, 3.8) is 0 Å². The molecule has 0 bridgehead atoms. The average Bonchev–Trinajstić information content (AvgIpc) is 2.61. The van der Waals surface area contributed by atoms with Crippen molar-refractivity contribution < 1.29 is 19.2 Å². The Kier molecular flexibility index (Phi) is 6.15. The Morgan fingerprint density at radius 1 is 1.36 bits per heavy atom. The van der Waals surface area contributed by atoms with Crippen molar-refractivity contribution in [3.8, 4) is 0 Å². The third kappa shape index (κ3) is 5.07. The molecule has 1 atom stereocenters. The van der Waals surface area contributed by atoms with Crippen LogP contribution < -0.4 is 10.6 Å². The summed E-state index contributed by atoms with van der Waals surface area (Å²) in [5.41, 5.74) is 0.645. The Bertz CT molecular complexity index is 643. The number of hydrogen-bond acceptors (Lipinski definition) is 5. The van der Waals surface area contributed by atoms with E-state index in [1.54, 1.807) is 24.0 Å². The summed E-state index contributed by atoms with van der Waals surface area (Å²) in [6.07, 6.45) is 0.934. The molecule has 1 aliphatic heterocycles. The molecule has 1 aromatic rings. The molecule has 0 saturated carbocycles. The molecule has 1 saturated heterocycles. The summed E-state index contributed by atoms with van der Waals surface area (Å²) in [5.74, 6) is 0. The third-order valence-electron chi connectivity index (χ3n) is 4.19. The Balaban J connectivity index is 1.83. The maximum atomic E-state index is 12.1. The first-order valence-corrected chi connectivity index (χ1v) is 8.05. The number of rotatable bonds is 4. The molecule has 1 fully saturated rings. The average molecular weight is 350 g/mol. The number of carbonyl (C=O) groups excluding carboxylic acids is 2. The summed E-state index contributed by atoms with van der Waals surface area (Å²) in [4.78, 5) is 35.5. The number of nitro benzene ring substituents is 1. The van der Waals surface area contributed by atoms with Crippen molar-refractivity contribution in [2.75, 3.05) is 20.2 Å². The van der Waals surface area contributed by atoms with Crippen molar-refractivity contribution in [3.05, 3.63) is 39.9 Å². The fourth-order valence-electron chi connectivity index (χ4n) is 2.75. The van der Waals surface area contributed by atoms with Gasteiger partial charge < -0.3 is 20.3 Å². The van der Waals surface area contributed by atoms with E-state index in [-0.39, 0.29) is 29.9 Å². The van der Waals surface area contributed by atoms with Gasteiger partial charge in [-0.15, -0.1) is 0 Å². The molecule has 9 nitrogen and oxygen atoms in total. The predicted molar refractivity (Wildman–Crippen MR) is 90.2 cm³/mol. The molecule has 9 heteroatoms. The maximum absolute atomic E-state index is 12.1. The van der Waals surface area contributed by atoms with Crippen molar-refractivity contribution in [1.29, 1.82) is 0 Å². The highest BCUT2D eigenvalue weighted by Crippen LogP contribution is 2.19. The number of piperidine rings is 1. The van der Waals surface area contributed by atoms with Crippen LogP contribution in [-0.2, 0) is 4.74 Å². The van der Waals surface area contributed by atoms with Gasteiger partial charge in [-0.1, -0.05) is 12.1 Å². The number of ether oxygens (including phenoxy) is 1. The van der Waals surface area contributed by atoms with Crippen LogP contribution >= 0.6 is 0 Å². The van der Waals surface area contributed by atoms with Gasteiger partial charge >= 0.3 is 12.1 Å². The Morgan fingerprint density at radius 3 is 2.64 bits per heavy atom. The maximum Gasteiger partial charge on any atom is 0.409 e. The number of non-ortho nitro benzene ring substituents is 1. The van der Waals surface area contributed by atoms with E-state index in [1.807, 2.05) is 0 Å². The molecule has 1 heterocycles. The minimum Gasteiger partial charge on any atom is -0.453 e. The molecule has 1 aromatic carbocycles. The lowest BCUT2D eigenvalue weighted by Gasteiger charge is -2.31. The van der Waals surface area contributed by atoms with E-state index in [9.17, 15) is 19.7 Å². The van der Waals surface area contributed by atoms with Crippen molar-refractivity contribution in [2.24, 2.45) is 0 Å². The van der Waals surface area contributed by atoms with Gasteiger partial charge in [0.25, 0.3) is 5.69 Å². The van der Waals surface area contributed by atoms with Crippen LogP contribution in [0.25, 0.3) is 0 Å². The second-order valence-electron chi connectivity index (χ2n) is 5.92.